The van der Waals surface area contributed by atoms with Crippen molar-refractivity contribution in [2.45, 2.75) is 38.1 Å². The summed E-state index contributed by atoms with van der Waals surface area (Å²) in [6.45, 7) is 1.51. The molecule has 3 aromatic rings. The van der Waals surface area contributed by atoms with Gasteiger partial charge in [0.25, 0.3) is 0 Å². The van der Waals surface area contributed by atoms with Crippen molar-refractivity contribution in [3.8, 4) is 0 Å². The highest BCUT2D eigenvalue weighted by molar-refractivity contribution is 5.77. The van der Waals surface area contributed by atoms with Crippen molar-refractivity contribution in [1.29, 1.82) is 0 Å². The number of aliphatic hydroxyl groups excluding tert-OH is 1. The Hall–Kier alpha value is -2.11. The number of rotatable bonds is 5. The Bertz CT molecular complexity index is 733. The lowest BCUT2D eigenvalue weighted by Gasteiger charge is -2.15. The summed E-state index contributed by atoms with van der Waals surface area (Å²) in [6.07, 6.45) is 5.24. The average molecular weight is 311 g/mol. The molecule has 0 radical (unpaired) electrons. The normalized spacial score (nSPS) is 24.5. The van der Waals surface area contributed by atoms with Crippen molar-refractivity contribution in [3.05, 3.63) is 54.6 Å². The van der Waals surface area contributed by atoms with Crippen LogP contribution < -0.4 is 5.32 Å². The van der Waals surface area contributed by atoms with Gasteiger partial charge < -0.3 is 14.8 Å². The number of hydrogen-bond donors (Lipinski definition) is 2. The fraction of sp³-hybridized carbons (Fsp3) is 0.389. The summed E-state index contributed by atoms with van der Waals surface area (Å²) in [5, 5.41) is 19.1. The van der Waals surface area contributed by atoms with E-state index in [1.807, 2.05) is 41.2 Å². The van der Waals surface area contributed by atoms with Gasteiger partial charge in [-0.25, -0.2) is 0 Å². The molecule has 0 saturated heterocycles. The van der Waals surface area contributed by atoms with Crippen molar-refractivity contribution in [2.75, 3.05) is 0 Å². The van der Waals surface area contributed by atoms with Gasteiger partial charge in [0.15, 0.2) is 0 Å². The number of nitrogens with one attached hydrogen (secondary N) is 1. The van der Waals surface area contributed by atoms with Crippen LogP contribution in [-0.4, -0.2) is 27.0 Å². The number of fused-ring (bicyclic) bond motifs is 1. The minimum absolute atomic E-state index is 0.115. The number of furan rings is 1. The van der Waals surface area contributed by atoms with Gasteiger partial charge in [-0.2, -0.15) is 5.10 Å². The zero-order valence-electron chi connectivity index (χ0n) is 12.9. The fourth-order valence-electron chi connectivity index (χ4n) is 3.52. The number of hydrogen-bond acceptors (Lipinski definition) is 4. The van der Waals surface area contributed by atoms with Crippen LogP contribution in [-0.2, 0) is 13.1 Å². The highest BCUT2D eigenvalue weighted by Crippen LogP contribution is 2.28. The quantitative estimate of drug-likeness (QED) is 0.760. The number of nitrogens with zero attached hydrogens (tertiary/aromatic N) is 2. The highest BCUT2D eigenvalue weighted by Gasteiger charge is 2.32. The summed E-state index contributed by atoms with van der Waals surface area (Å²) < 4.78 is 7.76. The monoisotopic (exact) mass is 311 g/mol. The topological polar surface area (TPSA) is 63.2 Å². The van der Waals surface area contributed by atoms with E-state index >= 15 is 0 Å². The Labute approximate surface area is 134 Å². The highest BCUT2D eigenvalue weighted by atomic mass is 16.3. The lowest BCUT2D eigenvalue weighted by molar-refractivity contribution is 0.144. The van der Waals surface area contributed by atoms with Gasteiger partial charge in [0.05, 0.1) is 12.6 Å². The van der Waals surface area contributed by atoms with E-state index < -0.39 is 0 Å². The molecule has 3 atom stereocenters. The summed E-state index contributed by atoms with van der Waals surface area (Å²) in [6, 6.07) is 12.1. The molecule has 1 aromatic carbocycles. The van der Waals surface area contributed by atoms with Gasteiger partial charge in [0, 0.05) is 30.4 Å². The summed E-state index contributed by atoms with van der Waals surface area (Å²) in [5.74, 6) is 1.37. The van der Waals surface area contributed by atoms with Gasteiger partial charge in [-0.1, -0.05) is 18.2 Å². The van der Waals surface area contributed by atoms with Crippen LogP contribution in [0.1, 0.15) is 18.6 Å². The number of para-hydroxylation sites is 1. The summed E-state index contributed by atoms with van der Waals surface area (Å²) in [5.41, 5.74) is 0.910. The van der Waals surface area contributed by atoms with E-state index in [1.54, 1.807) is 6.20 Å². The van der Waals surface area contributed by atoms with E-state index in [9.17, 15) is 5.11 Å². The van der Waals surface area contributed by atoms with Crippen LogP contribution in [0, 0.1) is 5.92 Å². The molecule has 2 aromatic heterocycles. The van der Waals surface area contributed by atoms with Gasteiger partial charge in [-0.15, -0.1) is 0 Å². The largest absolute Gasteiger partial charge is 0.460 e. The van der Waals surface area contributed by atoms with E-state index in [2.05, 4.69) is 16.5 Å². The molecule has 1 aliphatic carbocycles. The molecule has 2 N–H and O–H groups in total. The molecule has 1 fully saturated rings. The third-order valence-electron chi connectivity index (χ3n) is 4.65. The van der Waals surface area contributed by atoms with Crippen LogP contribution in [0.3, 0.4) is 0 Å². The second-order valence-electron chi connectivity index (χ2n) is 6.37. The van der Waals surface area contributed by atoms with E-state index in [0.717, 1.165) is 36.1 Å². The van der Waals surface area contributed by atoms with Crippen LogP contribution in [0.2, 0.25) is 0 Å². The van der Waals surface area contributed by atoms with Gasteiger partial charge in [-0.3, -0.25) is 4.68 Å². The van der Waals surface area contributed by atoms with Gasteiger partial charge >= 0.3 is 0 Å². The van der Waals surface area contributed by atoms with E-state index in [-0.39, 0.29) is 12.1 Å². The molecular weight excluding hydrogens is 290 g/mol. The molecule has 4 rings (SSSR count). The molecular formula is C18H21N3O2. The molecule has 0 aliphatic heterocycles. The first-order valence-corrected chi connectivity index (χ1v) is 8.14. The smallest absolute Gasteiger partial charge is 0.134 e. The van der Waals surface area contributed by atoms with E-state index in [4.69, 9.17) is 4.42 Å². The van der Waals surface area contributed by atoms with E-state index in [0.29, 0.717) is 12.5 Å². The second-order valence-corrected chi connectivity index (χ2v) is 6.37. The average Bonchev–Trinajstić information content (AvgIpc) is 3.25. The third kappa shape index (κ3) is 3.16. The molecule has 1 unspecified atom stereocenters. The third-order valence-corrected chi connectivity index (χ3v) is 4.65. The molecule has 0 spiro atoms. The zero-order valence-corrected chi connectivity index (χ0v) is 12.9. The van der Waals surface area contributed by atoms with Crippen LogP contribution in [0.15, 0.2) is 53.2 Å². The first kappa shape index (κ1) is 14.5. The molecule has 0 bridgehead atoms. The van der Waals surface area contributed by atoms with Crippen molar-refractivity contribution < 1.29 is 9.52 Å². The van der Waals surface area contributed by atoms with Crippen molar-refractivity contribution >= 4 is 11.0 Å². The minimum Gasteiger partial charge on any atom is -0.460 e. The minimum atomic E-state index is -0.306. The van der Waals surface area contributed by atoms with Crippen molar-refractivity contribution in [3.63, 3.8) is 0 Å². The second kappa shape index (κ2) is 6.18. The predicted molar refractivity (Wildman–Crippen MR) is 87.8 cm³/mol. The Kier molecular flexibility index (Phi) is 3.89. The summed E-state index contributed by atoms with van der Waals surface area (Å²) in [4.78, 5) is 0. The van der Waals surface area contributed by atoms with Crippen LogP contribution in [0.5, 0.6) is 0 Å². The molecule has 2 heterocycles. The lowest BCUT2D eigenvalue weighted by atomic mass is 10.1. The SMILES string of the molecule is O[C@@H]1CC(Cn2cccn2)C[C@H]1NCc1cc2ccccc2o1. The predicted octanol–water partition coefficient (Wildman–Crippen LogP) is 2.56. The standard InChI is InChI=1S/C18H21N3O2/c22-17-9-13(12-21-7-3-6-20-21)8-16(17)19-11-15-10-14-4-1-2-5-18(14)23-15/h1-7,10,13,16-17,19,22H,8-9,11-12H2/t13?,16-,17-/m1/s1. The van der Waals surface area contributed by atoms with Crippen molar-refractivity contribution in [2.24, 2.45) is 5.92 Å². The van der Waals surface area contributed by atoms with Crippen LogP contribution in [0.25, 0.3) is 11.0 Å². The van der Waals surface area contributed by atoms with Crippen LogP contribution >= 0.6 is 0 Å². The summed E-state index contributed by atoms with van der Waals surface area (Å²) in [7, 11) is 0. The number of aromatic nitrogens is 2. The molecule has 5 nitrogen and oxygen atoms in total. The number of benzene rings is 1. The molecule has 120 valence electrons. The Morgan fingerprint density at radius 1 is 1.26 bits per heavy atom. The van der Waals surface area contributed by atoms with Crippen molar-refractivity contribution in [1.82, 2.24) is 15.1 Å². The van der Waals surface area contributed by atoms with Gasteiger partial charge in [0.2, 0.25) is 0 Å². The maximum Gasteiger partial charge on any atom is 0.134 e. The maximum absolute atomic E-state index is 10.3. The Morgan fingerprint density at radius 3 is 3.00 bits per heavy atom. The Balaban J connectivity index is 1.35. The fourth-order valence-corrected chi connectivity index (χ4v) is 3.52. The van der Waals surface area contributed by atoms with Gasteiger partial charge in [-0.05, 0) is 37.0 Å². The molecule has 1 saturated carbocycles. The summed E-state index contributed by atoms with van der Waals surface area (Å²) >= 11 is 0. The molecule has 23 heavy (non-hydrogen) atoms. The van der Waals surface area contributed by atoms with Crippen LogP contribution in [0.4, 0.5) is 0 Å². The Morgan fingerprint density at radius 2 is 2.17 bits per heavy atom. The molecule has 1 aliphatic rings. The molecule has 5 heteroatoms. The van der Waals surface area contributed by atoms with E-state index in [1.165, 1.54) is 0 Å². The lowest BCUT2D eigenvalue weighted by Crippen LogP contribution is -2.35. The maximum atomic E-state index is 10.3. The first-order chi connectivity index (χ1) is 11.3. The number of aliphatic hydroxyl groups is 1. The van der Waals surface area contributed by atoms with Gasteiger partial charge in [0.1, 0.15) is 11.3 Å². The zero-order chi connectivity index (χ0) is 15.6. The first-order valence-electron chi connectivity index (χ1n) is 8.14. The molecule has 0 amide bonds.